The second-order valence-electron chi connectivity index (χ2n) is 7.11. The van der Waals surface area contributed by atoms with Crippen molar-refractivity contribution in [2.75, 3.05) is 19.6 Å². The molecule has 0 aromatic heterocycles. The van der Waals surface area contributed by atoms with Crippen LogP contribution in [0.3, 0.4) is 0 Å². The molecule has 1 aliphatic heterocycles. The van der Waals surface area contributed by atoms with Crippen LogP contribution in [-0.4, -0.2) is 24.5 Å². The molecule has 29 heavy (non-hydrogen) atoms. The predicted octanol–water partition coefficient (Wildman–Crippen LogP) is 3.45. The van der Waals surface area contributed by atoms with Gasteiger partial charge in [0, 0.05) is 24.9 Å². The molecule has 2 atom stereocenters. The first kappa shape index (κ1) is 20.5. The number of nitrogens with two attached hydrogens (primary N) is 1. The van der Waals surface area contributed by atoms with Gasteiger partial charge in [-0.1, -0.05) is 31.2 Å². The summed E-state index contributed by atoms with van der Waals surface area (Å²) < 4.78 is 41.4. The van der Waals surface area contributed by atoms with Crippen LogP contribution in [0.4, 0.5) is 13.2 Å². The Bertz CT molecular complexity index is 1000. The Labute approximate surface area is 166 Å². The molecule has 0 spiro atoms. The topological polar surface area (TPSA) is 101 Å². The Balaban J connectivity index is 2.38. The fourth-order valence-electron chi connectivity index (χ4n) is 4.37. The summed E-state index contributed by atoms with van der Waals surface area (Å²) in [6.07, 6.45) is -2.89. The number of alkyl halides is 3. The average molecular weight is 397 g/mol. The minimum atomic E-state index is -4.66. The van der Waals surface area contributed by atoms with E-state index < -0.39 is 29.0 Å². The molecule has 5 nitrogen and oxygen atoms in total. The maximum atomic E-state index is 13.8. The Morgan fingerprint density at radius 2 is 1.86 bits per heavy atom. The number of hydrogen-bond acceptors (Lipinski definition) is 5. The van der Waals surface area contributed by atoms with E-state index in [1.54, 1.807) is 6.08 Å². The molecule has 1 aromatic rings. The van der Waals surface area contributed by atoms with Crippen molar-refractivity contribution in [3.8, 4) is 18.2 Å². The van der Waals surface area contributed by atoms with Gasteiger partial charge in [0.05, 0.1) is 29.0 Å². The van der Waals surface area contributed by atoms with Crippen LogP contribution in [0.25, 0.3) is 0 Å². The van der Waals surface area contributed by atoms with Gasteiger partial charge in [0.15, 0.2) is 5.41 Å². The first-order valence-corrected chi connectivity index (χ1v) is 9.06. The summed E-state index contributed by atoms with van der Waals surface area (Å²) in [6.45, 7) is 3.39. The number of nitriles is 3. The summed E-state index contributed by atoms with van der Waals surface area (Å²) in [6, 6.07) is 10.7. The van der Waals surface area contributed by atoms with Crippen molar-refractivity contribution in [1.82, 2.24) is 4.90 Å². The molecule has 1 aromatic carbocycles. The van der Waals surface area contributed by atoms with Crippen LogP contribution in [0, 0.1) is 45.3 Å². The van der Waals surface area contributed by atoms with Crippen molar-refractivity contribution in [3.63, 3.8) is 0 Å². The number of allylic oxidation sites excluding steroid dienone is 2. The van der Waals surface area contributed by atoms with E-state index in [1.807, 2.05) is 30.0 Å². The zero-order valence-corrected chi connectivity index (χ0v) is 15.7. The van der Waals surface area contributed by atoms with E-state index in [4.69, 9.17) is 5.73 Å². The molecule has 0 saturated heterocycles. The Hall–Kier alpha value is -3.28. The molecule has 1 aliphatic carbocycles. The molecule has 2 N–H and O–H groups in total. The van der Waals surface area contributed by atoms with Crippen molar-refractivity contribution in [3.05, 3.63) is 58.3 Å². The summed E-state index contributed by atoms with van der Waals surface area (Å²) in [5.41, 5.74) is 3.25. The van der Waals surface area contributed by atoms with Crippen molar-refractivity contribution >= 4 is 0 Å². The van der Waals surface area contributed by atoms with Gasteiger partial charge in [0.25, 0.3) is 0 Å². The summed E-state index contributed by atoms with van der Waals surface area (Å²) in [7, 11) is 0. The van der Waals surface area contributed by atoms with Gasteiger partial charge in [-0.2, -0.15) is 29.0 Å². The molecule has 0 amide bonds. The van der Waals surface area contributed by atoms with Crippen molar-refractivity contribution in [2.45, 2.75) is 19.0 Å². The zero-order chi connectivity index (χ0) is 21.4. The second-order valence-corrected chi connectivity index (χ2v) is 7.11. The van der Waals surface area contributed by atoms with E-state index in [9.17, 15) is 29.0 Å². The monoisotopic (exact) mass is 397 g/mol. The van der Waals surface area contributed by atoms with Crippen LogP contribution in [0.1, 0.15) is 24.0 Å². The van der Waals surface area contributed by atoms with Gasteiger partial charge < -0.3 is 5.73 Å². The number of nitrogens with zero attached hydrogens (tertiary/aromatic N) is 4. The van der Waals surface area contributed by atoms with Gasteiger partial charge in [0.2, 0.25) is 0 Å². The minimum absolute atomic E-state index is 0.0228. The van der Waals surface area contributed by atoms with Gasteiger partial charge >= 0.3 is 6.18 Å². The number of halogens is 3. The third-order valence-corrected chi connectivity index (χ3v) is 5.79. The number of benzene rings is 1. The number of fused-ring (bicyclic) bond motifs is 1. The standard InChI is InChI=1S/C21H18F3N5/c1-2-29-8-7-13-15(9-25)19(28)20(11-26,12-27)18(16(13)10-29)14-5-3-4-6-17(14)21(22,23)24/h3-7,16,18H,2,8,10,28H2,1H3/t16-,18-/m1/s1. The van der Waals surface area contributed by atoms with E-state index in [0.717, 1.165) is 6.07 Å². The summed E-state index contributed by atoms with van der Waals surface area (Å²) in [4.78, 5) is 1.99. The fourth-order valence-corrected chi connectivity index (χ4v) is 4.37. The molecule has 1 heterocycles. The Kier molecular flexibility index (Phi) is 5.13. The van der Waals surface area contributed by atoms with Crippen LogP contribution in [0.2, 0.25) is 0 Å². The summed E-state index contributed by atoms with van der Waals surface area (Å²) in [5, 5.41) is 29.6. The lowest BCUT2D eigenvalue weighted by molar-refractivity contribution is -0.138. The largest absolute Gasteiger partial charge is 0.416 e. The molecule has 148 valence electrons. The molecule has 0 unspecified atom stereocenters. The highest BCUT2D eigenvalue weighted by Gasteiger charge is 2.56. The highest BCUT2D eigenvalue weighted by Crippen LogP contribution is 2.55. The third kappa shape index (κ3) is 3.05. The minimum Gasteiger partial charge on any atom is -0.399 e. The maximum absolute atomic E-state index is 13.8. The van der Waals surface area contributed by atoms with Gasteiger partial charge in [-0.25, -0.2) is 0 Å². The summed E-state index contributed by atoms with van der Waals surface area (Å²) in [5.74, 6) is -1.80. The van der Waals surface area contributed by atoms with E-state index >= 15 is 0 Å². The van der Waals surface area contributed by atoms with E-state index in [2.05, 4.69) is 0 Å². The maximum Gasteiger partial charge on any atom is 0.416 e. The molecule has 3 rings (SSSR count). The Morgan fingerprint density at radius 3 is 2.41 bits per heavy atom. The van der Waals surface area contributed by atoms with E-state index in [1.165, 1.54) is 18.2 Å². The number of hydrogen-bond donors (Lipinski definition) is 1. The van der Waals surface area contributed by atoms with Gasteiger partial charge in [-0.3, -0.25) is 4.90 Å². The SMILES string of the molecule is CCN1CC=C2C(C#N)=C(N)C(C#N)(C#N)[C@H](c3ccccc3C(F)(F)F)[C@@H]2C1. The fraction of sp³-hybridized carbons (Fsp3) is 0.381. The predicted molar refractivity (Wildman–Crippen MR) is 98.4 cm³/mol. The first-order valence-electron chi connectivity index (χ1n) is 9.06. The Morgan fingerprint density at radius 1 is 1.21 bits per heavy atom. The van der Waals surface area contributed by atoms with Crippen LogP contribution in [-0.2, 0) is 6.18 Å². The number of likely N-dealkylation sites (N-methyl/N-ethyl adjacent to an activating group) is 1. The number of rotatable bonds is 2. The normalized spacial score (nSPS) is 24.0. The second kappa shape index (κ2) is 7.28. The van der Waals surface area contributed by atoms with Gasteiger partial charge in [-0.15, -0.1) is 0 Å². The molecule has 0 saturated carbocycles. The molecule has 8 heteroatoms. The first-order chi connectivity index (χ1) is 13.7. The quantitative estimate of drug-likeness (QED) is 0.824. The molecule has 0 fully saturated rings. The van der Waals surface area contributed by atoms with E-state index in [-0.39, 0.29) is 16.8 Å². The lowest BCUT2D eigenvalue weighted by Crippen LogP contribution is -2.48. The average Bonchev–Trinajstić information content (AvgIpc) is 2.72. The highest BCUT2D eigenvalue weighted by atomic mass is 19.4. The molecule has 0 radical (unpaired) electrons. The third-order valence-electron chi connectivity index (χ3n) is 5.79. The van der Waals surface area contributed by atoms with Crippen molar-refractivity contribution in [1.29, 1.82) is 15.8 Å². The highest BCUT2D eigenvalue weighted by molar-refractivity contribution is 5.60. The lowest BCUT2D eigenvalue weighted by atomic mass is 9.57. The van der Waals surface area contributed by atoms with Gasteiger partial charge in [-0.05, 0) is 23.7 Å². The smallest absolute Gasteiger partial charge is 0.399 e. The molecule has 0 bridgehead atoms. The molecular formula is C21H18F3N5. The molecular weight excluding hydrogens is 379 g/mol. The van der Waals surface area contributed by atoms with Crippen LogP contribution < -0.4 is 5.73 Å². The zero-order valence-electron chi connectivity index (χ0n) is 15.7. The van der Waals surface area contributed by atoms with Crippen molar-refractivity contribution in [2.24, 2.45) is 17.1 Å². The van der Waals surface area contributed by atoms with E-state index in [0.29, 0.717) is 25.2 Å². The molecule has 2 aliphatic rings. The summed E-state index contributed by atoms with van der Waals surface area (Å²) >= 11 is 0. The van der Waals surface area contributed by atoms with Crippen LogP contribution in [0.5, 0.6) is 0 Å². The van der Waals surface area contributed by atoms with Crippen LogP contribution >= 0.6 is 0 Å². The lowest BCUT2D eigenvalue weighted by Gasteiger charge is -2.46. The van der Waals surface area contributed by atoms with Gasteiger partial charge in [0.1, 0.15) is 6.07 Å². The van der Waals surface area contributed by atoms with Crippen molar-refractivity contribution < 1.29 is 13.2 Å². The van der Waals surface area contributed by atoms with Crippen LogP contribution in [0.15, 0.2) is 47.2 Å².